The molecule has 1 aromatic rings. The van der Waals surface area contributed by atoms with Gasteiger partial charge in [-0.1, -0.05) is 19.9 Å². The second kappa shape index (κ2) is 6.51. The average Bonchev–Trinajstić information content (AvgIpc) is 2.78. The molecule has 18 heavy (non-hydrogen) atoms. The fourth-order valence-corrected chi connectivity index (χ4v) is 2.37. The molecule has 0 aromatic carbocycles. The van der Waals surface area contributed by atoms with Crippen LogP contribution in [0.5, 0.6) is 0 Å². The highest BCUT2D eigenvalue weighted by Crippen LogP contribution is 2.19. The van der Waals surface area contributed by atoms with Crippen molar-refractivity contribution < 1.29 is 9.59 Å². The summed E-state index contributed by atoms with van der Waals surface area (Å²) in [6, 6.07) is 2.93. The molecule has 0 saturated carbocycles. The summed E-state index contributed by atoms with van der Waals surface area (Å²) >= 11 is 1.43. The maximum absolute atomic E-state index is 12.2. The van der Waals surface area contributed by atoms with Crippen LogP contribution in [0.4, 0.5) is 0 Å². The average molecular weight is 269 g/mol. The lowest BCUT2D eigenvalue weighted by molar-refractivity contribution is -0.136. The van der Waals surface area contributed by atoms with Crippen LogP contribution in [0.2, 0.25) is 0 Å². The van der Waals surface area contributed by atoms with Gasteiger partial charge in [0.25, 0.3) is 0 Å². The van der Waals surface area contributed by atoms with Crippen LogP contribution in [-0.2, 0) is 9.59 Å². The third-order valence-corrected chi connectivity index (χ3v) is 3.32. The van der Waals surface area contributed by atoms with Gasteiger partial charge in [-0.15, -0.1) is 11.3 Å². The zero-order valence-electron chi connectivity index (χ0n) is 10.6. The molecule has 0 aliphatic heterocycles. The van der Waals surface area contributed by atoms with E-state index >= 15 is 0 Å². The quantitative estimate of drug-likeness (QED) is 0.797. The summed E-state index contributed by atoms with van der Waals surface area (Å²) in [6.45, 7) is 4.33. The Morgan fingerprint density at radius 2 is 2.11 bits per heavy atom. The zero-order chi connectivity index (χ0) is 13.7. The molecule has 0 radical (unpaired) electrons. The normalized spacial score (nSPS) is 12.4. The van der Waals surface area contributed by atoms with Crippen molar-refractivity contribution in [1.29, 1.82) is 0 Å². The van der Waals surface area contributed by atoms with Gasteiger partial charge in [0.15, 0.2) is 0 Å². The van der Waals surface area contributed by atoms with Crippen LogP contribution in [0.1, 0.15) is 24.8 Å². The molecule has 5 nitrogen and oxygen atoms in total. The fraction of sp³-hybridized carbons (Fsp3) is 0.500. The molecule has 0 aliphatic rings. The molecular weight excluding hydrogens is 250 g/mol. The van der Waals surface area contributed by atoms with Gasteiger partial charge >= 0.3 is 0 Å². The summed E-state index contributed by atoms with van der Waals surface area (Å²) < 4.78 is 0. The van der Waals surface area contributed by atoms with E-state index in [9.17, 15) is 9.59 Å². The Hall–Kier alpha value is -1.40. The number of nitrogens with two attached hydrogens (primary N) is 2. The minimum Gasteiger partial charge on any atom is -0.368 e. The minimum absolute atomic E-state index is 0.0872. The van der Waals surface area contributed by atoms with Crippen molar-refractivity contribution in [2.24, 2.45) is 17.4 Å². The van der Waals surface area contributed by atoms with E-state index in [2.05, 4.69) is 0 Å². The summed E-state index contributed by atoms with van der Waals surface area (Å²) in [5.41, 5.74) is 11.1. The first-order valence-electron chi connectivity index (χ1n) is 5.78. The highest BCUT2D eigenvalue weighted by atomic mass is 32.1. The standard InChI is InChI=1S/C12H19N3O2S/c1-8(2)6-15(7-10(13)16)12(17)11(14)9-4-3-5-18-9/h3-5,8,11H,6-7,14H2,1-2H3,(H2,13,16). The van der Waals surface area contributed by atoms with E-state index in [0.29, 0.717) is 6.54 Å². The van der Waals surface area contributed by atoms with Gasteiger partial charge in [0.05, 0.1) is 6.54 Å². The Balaban J connectivity index is 2.77. The highest BCUT2D eigenvalue weighted by molar-refractivity contribution is 7.10. The number of amides is 2. The second-order valence-electron chi connectivity index (χ2n) is 4.57. The molecule has 2 amide bonds. The SMILES string of the molecule is CC(C)CN(CC(N)=O)C(=O)C(N)c1cccs1. The number of hydrogen-bond acceptors (Lipinski definition) is 4. The van der Waals surface area contributed by atoms with E-state index in [1.54, 1.807) is 0 Å². The predicted molar refractivity (Wildman–Crippen MR) is 71.9 cm³/mol. The van der Waals surface area contributed by atoms with Crippen LogP contribution in [0.25, 0.3) is 0 Å². The number of rotatable bonds is 6. The summed E-state index contributed by atoms with van der Waals surface area (Å²) in [5, 5.41) is 1.86. The third kappa shape index (κ3) is 4.12. The number of nitrogens with zero attached hydrogens (tertiary/aromatic N) is 1. The van der Waals surface area contributed by atoms with Gasteiger partial charge in [-0.25, -0.2) is 0 Å². The lowest BCUT2D eigenvalue weighted by atomic mass is 10.1. The molecule has 4 N–H and O–H groups in total. The van der Waals surface area contributed by atoms with E-state index in [-0.39, 0.29) is 18.4 Å². The molecule has 0 bridgehead atoms. The second-order valence-corrected chi connectivity index (χ2v) is 5.55. The molecule has 6 heteroatoms. The monoisotopic (exact) mass is 269 g/mol. The van der Waals surface area contributed by atoms with Gasteiger partial charge in [-0.05, 0) is 17.4 Å². The molecule has 1 aromatic heterocycles. The smallest absolute Gasteiger partial charge is 0.245 e. The first-order valence-corrected chi connectivity index (χ1v) is 6.65. The van der Waals surface area contributed by atoms with Gasteiger partial charge in [-0.3, -0.25) is 9.59 Å². The van der Waals surface area contributed by atoms with E-state index in [4.69, 9.17) is 11.5 Å². The molecule has 100 valence electrons. The number of carbonyl (C=O) groups excluding carboxylic acids is 2. The summed E-state index contributed by atoms with van der Waals surface area (Å²) in [5.74, 6) is -0.531. The molecule has 0 fully saturated rings. The van der Waals surface area contributed by atoms with E-state index < -0.39 is 11.9 Å². The van der Waals surface area contributed by atoms with Crippen molar-refractivity contribution >= 4 is 23.2 Å². The lowest BCUT2D eigenvalue weighted by Gasteiger charge is -2.25. The van der Waals surface area contributed by atoms with E-state index in [0.717, 1.165) is 4.88 Å². The van der Waals surface area contributed by atoms with Crippen LogP contribution in [0.3, 0.4) is 0 Å². The number of primary amides is 1. The van der Waals surface area contributed by atoms with Crippen molar-refractivity contribution in [3.8, 4) is 0 Å². The Labute approximate surface area is 111 Å². The lowest BCUT2D eigenvalue weighted by Crippen LogP contribution is -2.44. The van der Waals surface area contributed by atoms with Crippen LogP contribution in [0.15, 0.2) is 17.5 Å². The van der Waals surface area contributed by atoms with Crippen LogP contribution >= 0.6 is 11.3 Å². The van der Waals surface area contributed by atoms with Gasteiger partial charge in [0.1, 0.15) is 6.04 Å². The minimum atomic E-state index is -0.719. The first kappa shape index (κ1) is 14.7. The first-order chi connectivity index (χ1) is 8.41. The Morgan fingerprint density at radius 1 is 1.44 bits per heavy atom. The van der Waals surface area contributed by atoms with Crippen molar-refractivity contribution in [1.82, 2.24) is 4.90 Å². The maximum atomic E-state index is 12.2. The van der Waals surface area contributed by atoms with Crippen molar-refractivity contribution in [2.45, 2.75) is 19.9 Å². The Kier molecular flexibility index (Phi) is 5.30. The van der Waals surface area contributed by atoms with Gasteiger partial charge in [0.2, 0.25) is 11.8 Å². The molecule has 1 rings (SSSR count). The number of thiophene rings is 1. The molecule has 0 aliphatic carbocycles. The van der Waals surface area contributed by atoms with E-state index in [1.165, 1.54) is 16.2 Å². The molecular formula is C12H19N3O2S. The molecule has 1 unspecified atom stereocenters. The predicted octanol–water partition coefficient (Wildman–Crippen LogP) is 0.718. The number of carbonyl (C=O) groups is 2. The maximum Gasteiger partial charge on any atom is 0.245 e. The molecule has 0 spiro atoms. The molecule has 1 atom stereocenters. The summed E-state index contributed by atoms with van der Waals surface area (Å²) in [4.78, 5) is 25.4. The van der Waals surface area contributed by atoms with Crippen molar-refractivity contribution in [2.75, 3.05) is 13.1 Å². The third-order valence-electron chi connectivity index (χ3n) is 2.36. The van der Waals surface area contributed by atoms with Gasteiger partial charge < -0.3 is 16.4 Å². The summed E-state index contributed by atoms with van der Waals surface area (Å²) in [6.07, 6.45) is 0. The molecule has 0 saturated heterocycles. The molecule has 1 heterocycles. The Bertz CT molecular complexity index is 403. The Morgan fingerprint density at radius 3 is 2.56 bits per heavy atom. The van der Waals surface area contributed by atoms with Crippen LogP contribution in [0, 0.1) is 5.92 Å². The zero-order valence-corrected chi connectivity index (χ0v) is 11.4. The van der Waals surface area contributed by atoms with Crippen molar-refractivity contribution in [3.05, 3.63) is 22.4 Å². The van der Waals surface area contributed by atoms with E-state index in [1.807, 2.05) is 31.4 Å². The van der Waals surface area contributed by atoms with Crippen molar-refractivity contribution in [3.63, 3.8) is 0 Å². The van der Waals surface area contributed by atoms with Crippen LogP contribution in [-0.4, -0.2) is 29.8 Å². The van der Waals surface area contributed by atoms with Crippen LogP contribution < -0.4 is 11.5 Å². The topological polar surface area (TPSA) is 89.4 Å². The largest absolute Gasteiger partial charge is 0.368 e. The number of hydrogen-bond donors (Lipinski definition) is 2. The van der Waals surface area contributed by atoms with Gasteiger partial charge in [0, 0.05) is 11.4 Å². The highest BCUT2D eigenvalue weighted by Gasteiger charge is 2.24. The van der Waals surface area contributed by atoms with Gasteiger partial charge in [-0.2, -0.15) is 0 Å². The fourth-order valence-electron chi connectivity index (χ4n) is 1.65. The summed E-state index contributed by atoms with van der Waals surface area (Å²) in [7, 11) is 0.